The molecule has 0 saturated heterocycles. The summed E-state index contributed by atoms with van der Waals surface area (Å²) >= 11 is 0. The smallest absolute Gasteiger partial charge is 0.255 e. The van der Waals surface area contributed by atoms with E-state index in [0.717, 1.165) is 6.42 Å². The molecule has 0 bridgehead atoms. The number of aryl methyl sites for hydroxylation is 1. The van der Waals surface area contributed by atoms with Gasteiger partial charge in [0.2, 0.25) is 0 Å². The molecule has 1 atom stereocenters. The van der Waals surface area contributed by atoms with Crippen molar-refractivity contribution < 1.29 is 9.63 Å². The van der Waals surface area contributed by atoms with E-state index in [1.807, 2.05) is 6.92 Å². The number of aliphatic hydroxyl groups is 1. The Kier molecular flexibility index (Phi) is 2.01. The van der Waals surface area contributed by atoms with Crippen LogP contribution in [0.1, 0.15) is 31.7 Å². The zero-order valence-electron chi connectivity index (χ0n) is 6.03. The summed E-state index contributed by atoms with van der Waals surface area (Å²) < 4.78 is 4.71. The van der Waals surface area contributed by atoms with Gasteiger partial charge in [0.1, 0.15) is 6.10 Å². The molecule has 4 nitrogen and oxygen atoms in total. The second-order valence-electron chi connectivity index (χ2n) is 2.08. The first kappa shape index (κ1) is 7.21. The Hall–Kier alpha value is -0.900. The van der Waals surface area contributed by atoms with Gasteiger partial charge in [-0.25, -0.2) is 0 Å². The fourth-order valence-corrected chi connectivity index (χ4v) is 0.581. The van der Waals surface area contributed by atoms with Crippen molar-refractivity contribution in [3.8, 4) is 0 Å². The zero-order chi connectivity index (χ0) is 7.56. The Morgan fingerprint density at radius 2 is 2.40 bits per heavy atom. The lowest BCUT2D eigenvalue weighted by Crippen LogP contribution is -1.90. The zero-order valence-corrected chi connectivity index (χ0v) is 6.03. The second kappa shape index (κ2) is 2.79. The van der Waals surface area contributed by atoms with Crippen LogP contribution in [0, 0.1) is 0 Å². The predicted molar refractivity (Wildman–Crippen MR) is 34.3 cm³/mol. The van der Waals surface area contributed by atoms with E-state index >= 15 is 0 Å². The average Bonchev–Trinajstić information content (AvgIpc) is 2.34. The van der Waals surface area contributed by atoms with Crippen molar-refractivity contribution in [2.45, 2.75) is 26.4 Å². The lowest BCUT2D eigenvalue weighted by atomic mass is 10.4. The van der Waals surface area contributed by atoms with Gasteiger partial charge in [0.05, 0.1) is 0 Å². The molecule has 0 unspecified atom stereocenters. The first-order valence-corrected chi connectivity index (χ1v) is 3.24. The Morgan fingerprint density at radius 1 is 1.70 bits per heavy atom. The molecule has 1 N–H and O–H groups in total. The standard InChI is InChI=1S/C6H10N2O2/c1-3-5-7-6(4(2)9)10-8-5/h4,9H,3H2,1-2H3/t4-/m0/s1. The van der Waals surface area contributed by atoms with Crippen LogP contribution in [0.4, 0.5) is 0 Å². The van der Waals surface area contributed by atoms with Crippen molar-refractivity contribution in [2.24, 2.45) is 0 Å². The largest absolute Gasteiger partial charge is 0.384 e. The molecule has 0 radical (unpaired) electrons. The normalized spacial score (nSPS) is 13.5. The van der Waals surface area contributed by atoms with Gasteiger partial charge in [-0.05, 0) is 6.92 Å². The van der Waals surface area contributed by atoms with Crippen molar-refractivity contribution in [1.29, 1.82) is 0 Å². The van der Waals surface area contributed by atoms with Gasteiger partial charge < -0.3 is 9.63 Å². The number of nitrogens with zero attached hydrogens (tertiary/aromatic N) is 2. The number of rotatable bonds is 2. The summed E-state index contributed by atoms with van der Waals surface area (Å²) in [6.45, 7) is 3.52. The Bertz CT molecular complexity index is 207. The first-order valence-electron chi connectivity index (χ1n) is 3.24. The maximum Gasteiger partial charge on any atom is 0.255 e. The minimum atomic E-state index is -0.659. The molecule has 10 heavy (non-hydrogen) atoms. The Balaban J connectivity index is 2.78. The van der Waals surface area contributed by atoms with E-state index in [1.165, 1.54) is 0 Å². The highest BCUT2D eigenvalue weighted by Gasteiger charge is 2.08. The number of hydrogen-bond donors (Lipinski definition) is 1. The van der Waals surface area contributed by atoms with Crippen LogP contribution in [0.25, 0.3) is 0 Å². The SMILES string of the molecule is CCc1noc([C@H](C)O)n1. The summed E-state index contributed by atoms with van der Waals surface area (Å²) in [7, 11) is 0. The molecule has 0 saturated carbocycles. The molecule has 56 valence electrons. The number of aliphatic hydroxyl groups excluding tert-OH is 1. The van der Waals surface area contributed by atoms with Crippen molar-refractivity contribution >= 4 is 0 Å². The van der Waals surface area contributed by atoms with E-state index in [4.69, 9.17) is 9.63 Å². The average molecular weight is 142 g/mol. The quantitative estimate of drug-likeness (QED) is 0.659. The molecule has 0 amide bonds. The second-order valence-corrected chi connectivity index (χ2v) is 2.08. The van der Waals surface area contributed by atoms with Crippen LogP contribution in [0.2, 0.25) is 0 Å². The minimum absolute atomic E-state index is 0.289. The number of hydrogen-bond acceptors (Lipinski definition) is 4. The highest BCUT2D eigenvalue weighted by Crippen LogP contribution is 2.07. The van der Waals surface area contributed by atoms with Crippen LogP contribution in [-0.2, 0) is 6.42 Å². The predicted octanol–water partition coefficient (Wildman–Crippen LogP) is 0.685. The fourth-order valence-electron chi connectivity index (χ4n) is 0.581. The van der Waals surface area contributed by atoms with Crippen LogP contribution in [0.15, 0.2) is 4.52 Å². The van der Waals surface area contributed by atoms with E-state index in [1.54, 1.807) is 6.92 Å². The van der Waals surface area contributed by atoms with Crippen molar-refractivity contribution in [1.82, 2.24) is 10.1 Å². The van der Waals surface area contributed by atoms with Crippen LogP contribution >= 0.6 is 0 Å². The molecule has 0 fully saturated rings. The van der Waals surface area contributed by atoms with Gasteiger partial charge in [-0.3, -0.25) is 0 Å². The summed E-state index contributed by atoms with van der Waals surface area (Å²) in [5.74, 6) is 0.924. The minimum Gasteiger partial charge on any atom is -0.384 e. The van der Waals surface area contributed by atoms with Gasteiger partial charge in [0, 0.05) is 6.42 Å². The summed E-state index contributed by atoms with van der Waals surface area (Å²) in [5, 5.41) is 12.5. The molecule has 1 aromatic heterocycles. The molecule has 0 aliphatic carbocycles. The molecule has 1 aromatic rings. The van der Waals surface area contributed by atoms with Gasteiger partial charge in [-0.15, -0.1) is 0 Å². The summed E-state index contributed by atoms with van der Waals surface area (Å²) in [6.07, 6.45) is 0.0729. The van der Waals surface area contributed by atoms with Crippen molar-refractivity contribution in [2.75, 3.05) is 0 Å². The van der Waals surface area contributed by atoms with E-state index in [0.29, 0.717) is 5.82 Å². The first-order chi connectivity index (χ1) is 4.74. The summed E-state index contributed by atoms with van der Waals surface area (Å²) in [4.78, 5) is 3.90. The molecule has 0 spiro atoms. The molecular formula is C6H10N2O2. The monoisotopic (exact) mass is 142 g/mol. The Labute approximate surface area is 58.9 Å². The van der Waals surface area contributed by atoms with E-state index in [9.17, 15) is 0 Å². The third-order valence-electron chi connectivity index (χ3n) is 1.16. The van der Waals surface area contributed by atoms with Crippen LogP contribution in [0.3, 0.4) is 0 Å². The van der Waals surface area contributed by atoms with Gasteiger partial charge >= 0.3 is 0 Å². The molecule has 1 heterocycles. The molecule has 0 aliphatic heterocycles. The van der Waals surface area contributed by atoms with Gasteiger partial charge in [0.15, 0.2) is 5.82 Å². The van der Waals surface area contributed by atoms with Crippen molar-refractivity contribution in [3.63, 3.8) is 0 Å². The van der Waals surface area contributed by atoms with Gasteiger partial charge in [-0.1, -0.05) is 12.1 Å². The van der Waals surface area contributed by atoms with E-state index in [2.05, 4.69) is 10.1 Å². The van der Waals surface area contributed by atoms with Crippen LogP contribution in [-0.4, -0.2) is 15.2 Å². The van der Waals surface area contributed by atoms with E-state index < -0.39 is 6.10 Å². The molecule has 0 aromatic carbocycles. The lowest BCUT2D eigenvalue weighted by Gasteiger charge is -1.91. The van der Waals surface area contributed by atoms with Gasteiger partial charge in [0.25, 0.3) is 5.89 Å². The highest BCUT2D eigenvalue weighted by atomic mass is 16.5. The van der Waals surface area contributed by atoms with Crippen molar-refractivity contribution in [3.05, 3.63) is 11.7 Å². The summed E-state index contributed by atoms with van der Waals surface area (Å²) in [5.41, 5.74) is 0. The number of aromatic nitrogens is 2. The fraction of sp³-hybridized carbons (Fsp3) is 0.667. The topological polar surface area (TPSA) is 59.2 Å². The van der Waals surface area contributed by atoms with E-state index in [-0.39, 0.29) is 5.89 Å². The molecule has 0 aliphatic rings. The van der Waals surface area contributed by atoms with Gasteiger partial charge in [-0.2, -0.15) is 4.98 Å². The summed E-state index contributed by atoms with van der Waals surface area (Å²) in [6, 6.07) is 0. The van der Waals surface area contributed by atoms with Crippen LogP contribution in [0.5, 0.6) is 0 Å². The highest BCUT2D eigenvalue weighted by molar-refractivity contribution is 4.87. The molecule has 1 rings (SSSR count). The van der Waals surface area contributed by atoms with Crippen LogP contribution < -0.4 is 0 Å². The Morgan fingerprint density at radius 3 is 2.70 bits per heavy atom. The third kappa shape index (κ3) is 1.33. The molecular weight excluding hydrogens is 132 g/mol. The maximum atomic E-state index is 8.94. The maximum absolute atomic E-state index is 8.94. The molecule has 4 heteroatoms. The third-order valence-corrected chi connectivity index (χ3v) is 1.16. The lowest BCUT2D eigenvalue weighted by molar-refractivity contribution is 0.151.